The topological polar surface area (TPSA) is 68.4 Å². The number of nitrogens with zero attached hydrogens (tertiary/aromatic N) is 2. The molecule has 3 aliphatic rings. The van der Waals surface area contributed by atoms with Gasteiger partial charge in [-0.3, -0.25) is 9.59 Å². The molecule has 0 unspecified atom stereocenters. The zero-order valence-electron chi connectivity index (χ0n) is 23.2. The Labute approximate surface area is 245 Å². The van der Waals surface area contributed by atoms with Crippen molar-refractivity contribution in [2.24, 2.45) is 0 Å². The summed E-state index contributed by atoms with van der Waals surface area (Å²) in [6, 6.07) is 36.4. The van der Waals surface area contributed by atoms with E-state index in [0.717, 1.165) is 28.6 Å². The summed E-state index contributed by atoms with van der Waals surface area (Å²) in [4.78, 5) is 36.1. The van der Waals surface area contributed by atoms with Crippen LogP contribution in [0.15, 0.2) is 115 Å². The van der Waals surface area contributed by atoms with E-state index in [-0.39, 0.29) is 18.0 Å². The predicted molar refractivity (Wildman–Crippen MR) is 164 cm³/mol. The Bertz CT molecular complexity index is 1800. The smallest absolute Gasteiger partial charge is 0.247 e. The molecule has 4 atom stereocenters. The summed E-state index contributed by atoms with van der Waals surface area (Å²) >= 11 is 0. The zero-order valence-corrected chi connectivity index (χ0v) is 23.2. The standard InChI is InChI=1S/C36H32N4O2/c41-33-32-21-36(20-24-11-3-1-4-12-24)28-16-8-10-18-31(28)39(23-25-13-5-2-6-14-25)35(36)40(32)34(42)30(38-33)19-26-22-37-29-17-9-7-15-27(26)29/h1-18,22,30,32,35,37H,19-21,23H2,(H,38,41)/t30-,32-,35-,36-/m0/s1. The van der Waals surface area contributed by atoms with Crippen LogP contribution in [-0.2, 0) is 34.4 Å². The number of aromatic amines is 1. The van der Waals surface area contributed by atoms with Gasteiger partial charge in [0.05, 0.1) is 0 Å². The fourth-order valence-corrected chi connectivity index (χ4v) is 7.79. The van der Waals surface area contributed by atoms with Gasteiger partial charge >= 0.3 is 0 Å². The molecule has 2 fully saturated rings. The highest BCUT2D eigenvalue weighted by atomic mass is 16.2. The number of benzene rings is 4. The van der Waals surface area contributed by atoms with Crippen molar-refractivity contribution in [3.8, 4) is 0 Å². The van der Waals surface area contributed by atoms with Crippen LogP contribution in [0.5, 0.6) is 0 Å². The van der Waals surface area contributed by atoms with E-state index in [4.69, 9.17) is 0 Å². The average molecular weight is 553 g/mol. The molecule has 0 saturated carbocycles. The van der Waals surface area contributed by atoms with Crippen LogP contribution in [0.4, 0.5) is 5.69 Å². The summed E-state index contributed by atoms with van der Waals surface area (Å²) in [6.45, 7) is 0.657. The number of para-hydroxylation sites is 2. The van der Waals surface area contributed by atoms with Gasteiger partial charge in [-0.15, -0.1) is 0 Å². The van der Waals surface area contributed by atoms with Gasteiger partial charge in [-0.2, -0.15) is 0 Å². The van der Waals surface area contributed by atoms with E-state index < -0.39 is 17.5 Å². The van der Waals surface area contributed by atoms with Gasteiger partial charge in [0.15, 0.2) is 0 Å². The minimum atomic E-state index is -0.622. The highest BCUT2D eigenvalue weighted by Gasteiger charge is 2.65. The van der Waals surface area contributed by atoms with Crippen LogP contribution in [0.1, 0.15) is 28.7 Å². The number of rotatable bonds is 6. The SMILES string of the molecule is O=C1N[C@@H](Cc2c[nH]c3ccccc23)C(=O)N2[C@H]1C[C@@]1(Cc3ccccc3)c3ccccc3N(Cc3ccccc3)[C@@H]21. The maximum Gasteiger partial charge on any atom is 0.247 e. The molecule has 4 heterocycles. The van der Waals surface area contributed by atoms with Gasteiger partial charge in [0, 0.05) is 41.2 Å². The van der Waals surface area contributed by atoms with Crippen LogP contribution >= 0.6 is 0 Å². The molecule has 6 heteroatoms. The molecule has 8 rings (SSSR count). The Morgan fingerprint density at radius 1 is 0.786 bits per heavy atom. The van der Waals surface area contributed by atoms with E-state index >= 15 is 0 Å². The normalized spacial score (nSPS) is 24.4. The monoisotopic (exact) mass is 552 g/mol. The Balaban J connectivity index is 1.24. The average Bonchev–Trinajstić information content (AvgIpc) is 3.66. The zero-order chi connectivity index (χ0) is 28.3. The van der Waals surface area contributed by atoms with Crippen molar-refractivity contribution in [1.29, 1.82) is 0 Å². The largest absolute Gasteiger partial charge is 0.361 e. The number of anilines is 1. The molecule has 2 N–H and O–H groups in total. The van der Waals surface area contributed by atoms with E-state index in [9.17, 15) is 9.59 Å². The number of piperazine rings is 1. The van der Waals surface area contributed by atoms with Crippen molar-refractivity contribution in [2.45, 2.75) is 49.5 Å². The Hall–Kier alpha value is -4.84. The Morgan fingerprint density at radius 2 is 1.48 bits per heavy atom. The molecule has 0 spiro atoms. The molecule has 208 valence electrons. The van der Waals surface area contributed by atoms with Crippen LogP contribution in [0.2, 0.25) is 0 Å². The van der Waals surface area contributed by atoms with Crippen molar-refractivity contribution >= 4 is 28.4 Å². The number of nitrogens with one attached hydrogen (secondary N) is 2. The van der Waals surface area contributed by atoms with Crippen molar-refractivity contribution in [3.05, 3.63) is 138 Å². The highest BCUT2D eigenvalue weighted by Crippen LogP contribution is 2.56. The van der Waals surface area contributed by atoms with Crippen molar-refractivity contribution in [2.75, 3.05) is 4.90 Å². The molecule has 6 nitrogen and oxygen atoms in total. The van der Waals surface area contributed by atoms with Crippen molar-refractivity contribution < 1.29 is 9.59 Å². The number of aromatic nitrogens is 1. The lowest BCUT2D eigenvalue weighted by Gasteiger charge is -2.43. The first kappa shape index (κ1) is 24.9. The fourth-order valence-electron chi connectivity index (χ4n) is 7.79. The van der Waals surface area contributed by atoms with Crippen molar-refractivity contribution in [1.82, 2.24) is 15.2 Å². The van der Waals surface area contributed by atoms with Gasteiger partial charge in [-0.1, -0.05) is 97.1 Å². The lowest BCUT2D eigenvalue weighted by molar-refractivity contribution is -0.149. The van der Waals surface area contributed by atoms with Gasteiger partial charge in [-0.25, -0.2) is 0 Å². The van der Waals surface area contributed by atoms with Gasteiger partial charge in [0.1, 0.15) is 18.2 Å². The molecule has 4 aromatic carbocycles. The third-order valence-corrected chi connectivity index (χ3v) is 9.53. The summed E-state index contributed by atoms with van der Waals surface area (Å²) < 4.78 is 0. The molecule has 1 aromatic heterocycles. The number of amides is 2. The van der Waals surface area contributed by atoms with Crippen molar-refractivity contribution in [3.63, 3.8) is 0 Å². The highest BCUT2D eigenvalue weighted by molar-refractivity contribution is 5.99. The summed E-state index contributed by atoms with van der Waals surface area (Å²) in [5, 5.41) is 4.22. The Kier molecular flexibility index (Phi) is 5.71. The molecule has 0 aliphatic carbocycles. The van der Waals surface area contributed by atoms with Gasteiger partial charge in [0.2, 0.25) is 11.8 Å². The lowest BCUT2D eigenvalue weighted by atomic mass is 9.73. The summed E-state index contributed by atoms with van der Waals surface area (Å²) in [6.07, 6.45) is 3.48. The second kappa shape index (κ2) is 9.62. The van der Waals surface area contributed by atoms with Gasteiger partial charge < -0.3 is 20.1 Å². The van der Waals surface area contributed by atoms with Crippen LogP contribution in [-0.4, -0.2) is 39.9 Å². The van der Waals surface area contributed by atoms with E-state index in [1.807, 2.05) is 41.4 Å². The maximum absolute atomic E-state index is 14.6. The number of carbonyl (C=O) groups excluding carboxylic acids is 2. The number of hydrogen-bond donors (Lipinski definition) is 2. The van der Waals surface area contributed by atoms with Crippen LogP contribution in [0.25, 0.3) is 10.9 Å². The first-order valence-electron chi connectivity index (χ1n) is 14.7. The summed E-state index contributed by atoms with van der Waals surface area (Å²) in [7, 11) is 0. The molecule has 5 aromatic rings. The molecule has 3 aliphatic heterocycles. The summed E-state index contributed by atoms with van der Waals surface area (Å²) in [5.41, 5.74) is 6.40. The molecule has 2 amide bonds. The number of hydrogen-bond acceptors (Lipinski definition) is 3. The quantitative estimate of drug-likeness (QED) is 0.299. The molecular formula is C36H32N4O2. The third kappa shape index (κ3) is 3.78. The van der Waals surface area contributed by atoms with Crippen LogP contribution in [0.3, 0.4) is 0 Å². The summed E-state index contributed by atoms with van der Waals surface area (Å²) in [5.74, 6) is -0.0610. The molecule has 0 bridgehead atoms. The van der Waals surface area contributed by atoms with E-state index in [2.05, 4.69) is 94.1 Å². The lowest BCUT2D eigenvalue weighted by Crippen LogP contribution is -2.66. The molecular weight excluding hydrogens is 520 g/mol. The number of carbonyl (C=O) groups is 2. The minimum Gasteiger partial charge on any atom is -0.361 e. The molecule has 2 saturated heterocycles. The number of H-pyrrole nitrogens is 1. The second-order valence-corrected chi connectivity index (χ2v) is 11.9. The van der Waals surface area contributed by atoms with Gasteiger partial charge in [-0.05, 0) is 47.2 Å². The van der Waals surface area contributed by atoms with Gasteiger partial charge in [0.25, 0.3) is 0 Å². The van der Waals surface area contributed by atoms with E-state index in [1.165, 1.54) is 16.7 Å². The van der Waals surface area contributed by atoms with Crippen LogP contribution < -0.4 is 10.2 Å². The molecule has 42 heavy (non-hydrogen) atoms. The fraction of sp³-hybridized carbons (Fsp3) is 0.222. The van der Waals surface area contributed by atoms with Crippen LogP contribution in [0, 0.1) is 0 Å². The molecule has 0 radical (unpaired) electrons. The second-order valence-electron chi connectivity index (χ2n) is 11.9. The third-order valence-electron chi connectivity index (χ3n) is 9.53. The predicted octanol–water partition coefficient (Wildman–Crippen LogP) is 5.34. The van der Waals surface area contributed by atoms with E-state index in [1.54, 1.807) is 0 Å². The minimum absolute atomic E-state index is 0.00399. The first-order chi connectivity index (χ1) is 20.6. The van der Waals surface area contributed by atoms with E-state index in [0.29, 0.717) is 19.4 Å². The first-order valence-corrected chi connectivity index (χ1v) is 14.7. The Morgan fingerprint density at radius 3 is 2.29 bits per heavy atom. The number of fused-ring (bicyclic) bond motifs is 6. The maximum atomic E-state index is 14.6.